The molecule has 1 aliphatic heterocycles. The highest BCUT2D eigenvalue weighted by Gasteiger charge is 2.16. The van der Waals surface area contributed by atoms with Crippen LogP contribution in [0.1, 0.15) is 12.8 Å². The molecular weight excluding hydrogens is 248 g/mol. The standard InChI is InChI=1S/C16H22N4/c1-19-10-2-4-14(13-19)12-17-15-5-7-16(8-6-15)20-11-3-9-18-20/h3,5-9,11,14,17H,2,4,10,12-13H2,1H3. The van der Waals surface area contributed by atoms with Crippen LogP contribution in [0.2, 0.25) is 0 Å². The number of likely N-dealkylation sites (tertiary alicyclic amines) is 1. The van der Waals surface area contributed by atoms with Crippen LogP contribution in [-0.4, -0.2) is 41.4 Å². The van der Waals surface area contributed by atoms with Crippen LogP contribution < -0.4 is 5.32 Å². The minimum Gasteiger partial charge on any atom is -0.385 e. The Morgan fingerprint density at radius 3 is 2.85 bits per heavy atom. The number of nitrogens with one attached hydrogen (secondary N) is 1. The van der Waals surface area contributed by atoms with Crippen molar-refractivity contribution in [2.45, 2.75) is 12.8 Å². The lowest BCUT2D eigenvalue weighted by Crippen LogP contribution is -2.35. The molecule has 3 rings (SSSR count). The van der Waals surface area contributed by atoms with Crippen LogP contribution >= 0.6 is 0 Å². The molecule has 0 amide bonds. The van der Waals surface area contributed by atoms with Gasteiger partial charge in [0, 0.05) is 31.2 Å². The van der Waals surface area contributed by atoms with Gasteiger partial charge in [-0.15, -0.1) is 0 Å². The van der Waals surface area contributed by atoms with Crippen LogP contribution in [0.3, 0.4) is 0 Å². The summed E-state index contributed by atoms with van der Waals surface area (Å²) in [5, 5.41) is 7.79. The van der Waals surface area contributed by atoms with Crippen LogP contribution in [0.15, 0.2) is 42.7 Å². The number of nitrogens with zero attached hydrogens (tertiary/aromatic N) is 3. The van der Waals surface area contributed by atoms with E-state index in [0.717, 1.165) is 18.2 Å². The van der Waals surface area contributed by atoms with E-state index in [-0.39, 0.29) is 0 Å². The predicted molar refractivity (Wildman–Crippen MR) is 82.3 cm³/mol. The lowest BCUT2D eigenvalue weighted by Gasteiger charge is -2.30. The van der Waals surface area contributed by atoms with Gasteiger partial charge in [0.05, 0.1) is 5.69 Å². The zero-order valence-corrected chi connectivity index (χ0v) is 12.0. The summed E-state index contributed by atoms with van der Waals surface area (Å²) >= 11 is 0. The number of benzene rings is 1. The van der Waals surface area contributed by atoms with Crippen molar-refractivity contribution in [2.24, 2.45) is 5.92 Å². The molecule has 1 aliphatic rings. The van der Waals surface area contributed by atoms with E-state index in [1.54, 1.807) is 6.20 Å². The first-order valence-electron chi connectivity index (χ1n) is 7.34. The first-order valence-corrected chi connectivity index (χ1v) is 7.34. The van der Waals surface area contributed by atoms with E-state index in [1.165, 1.54) is 31.6 Å². The van der Waals surface area contributed by atoms with Crippen LogP contribution in [0, 0.1) is 5.92 Å². The maximum atomic E-state index is 4.23. The number of piperidine rings is 1. The summed E-state index contributed by atoms with van der Waals surface area (Å²) in [7, 11) is 2.21. The van der Waals surface area contributed by atoms with Crippen LogP contribution in [0.4, 0.5) is 5.69 Å². The molecule has 0 aliphatic carbocycles. The highest BCUT2D eigenvalue weighted by atomic mass is 15.3. The minimum atomic E-state index is 0.763. The van der Waals surface area contributed by atoms with Crippen molar-refractivity contribution in [3.63, 3.8) is 0 Å². The normalized spacial score (nSPS) is 19.9. The van der Waals surface area contributed by atoms with Crippen LogP contribution in [0.25, 0.3) is 5.69 Å². The maximum absolute atomic E-state index is 4.23. The van der Waals surface area contributed by atoms with Gasteiger partial charge in [-0.3, -0.25) is 0 Å². The fraction of sp³-hybridized carbons (Fsp3) is 0.438. The molecule has 0 radical (unpaired) electrons. The number of aromatic nitrogens is 2. The number of hydrogen-bond donors (Lipinski definition) is 1. The summed E-state index contributed by atoms with van der Waals surface area (Å²) in [5.41, 5.74) is 2.28. The van der Waals surface area contributed by atoms with Crippen LogP contribution in [-0.2, 0) is 0 Å². The van der Waals surface area contributed by atoms with Gasteiger partial charge in [-0.1, -0.05) is 0 Å². The smallest absolute Gasteiger partial charge is 0.0647 e. The van der Waals surface area contributed by atoms with E-state index in [2.05, 4.69) is 46.6 Å². The van der Waals surface area contributed by atoms with Crippen molar-refractivity contribution < 1.29 is 0 Å². The second-order valence-corrected chi connectivity index (χ2v) is 5.65. The van der Waals surface area contributed by atoms with E-state index >= 15 is 0 Å². The Morgan fingerprint density at radius 1 is 1.30 bits per heavy atom. The average molecular weight is 270 g/mol. The van der Waals surface area contributed by atoms with E-state index in [0.29, 0.717) is 0 Å². The van der Waals surface area contributed by atoms with Crippen molar-refractivity contribution in [2.75, 3.05) is 32.0 Å². The molecule has 1 fully saturated rings. The van der Waals surface area contributed by atoms with E-state index < -0.39 is 0 Å². The fourth-order valence-electron chi connectivity index (χ4n) is 2.86. The van der Waals surface area contributed by atoms with E-state index in [1.807, 2.05) is 16.9 Å². The van der Waals surface area contributed by atoms with Gasteiger partial charge < -0.3 is 10.2 Å². The highest BCUT2D eigenvalue weighted by Crippen LogP contribution is 2.17. The van der Waals surface area contributed by atoms with Crippen molar-refractivity contribution in [3.05, 3.63) is 42.7 Å². The first-order chi connectivity index (χ1) is 9.81. The van der Waals surface area contributed by atoms with E-state index in [9.17, 15) is 0 Å². The summed E-state index contributed by atoms with van der Waals surface area (Å²) < 4.78 is 1.87. The van der Waals surface area contributed by atoms with Crippen LogP contribution in [0.5, 0.6) is 0 Å². The Bertz CT molecular complexity index is 518. The number of rotatable bonds is 4. The molecule has 1 unspecified atom stereocenters. The van der Waals surface area contributed by atoms with E-state index in [4.69, 9.17) is 0 Å². The third-order valence-electron chi connectivity index (χ3n) is 3.95. The summed E-state index contributed by atoms with van der Waals surface area (Å²) in [6.45, 7) is 3.51. The molecule has 1 saturated heterocycles. The molecule has 1 aromatic heterocycles. The molecule has 2 heterocycles. The van der Waals surface area contributed by atoms with Gasteiger partial charge in [-0.2, -0.15) is 5.10 Å². The van der Waals surface area contributed by atoms with Gasteiger partial charge in [-0.25, -0.2) is 4.68 Å². The molecular formula is C16H22N4. The number of anilines is 1. The Labute approximate surface area is 120 Å². The zero-order valence-electron chi connectivity index (χ0n) is 12.0. The Morgan fingerprint density at radius 2 is 2.15 bits per heavy atom. The van der Waals surface area contributed by atoms with Crippen molar-refractivity contribution >= 4 is 5.69 Å². The Hall–Kier alpha value is -1.81. The molecule has 1 N–H and O–H groups in total. The molecule has 2 aromatic rings. The van der Waals surface area contributed by atoms with Gasteiger partial charge in [-0.05, 0) is 62.7 Å². The first kappa shape index (κ1) is 13.2. The molecule has 1 atom stereocenters. The summed E-state index contributed by atoms with van der Waals surface area (Å²) in [4.78, 5) is 2.43. The average Bonchev–Trinajstić information content (AvgIpc) is 3.00. The minimum absolute atomic E-state index is 0.763. The molecule has 20 heavy (non-hydrogen) atoms. The monoisotopic (exact) mass is 270 g/mol. The fourth-order valence-corrected chi connectivity index (χ4v) is 2.86. The number of hydrogen-bond acceptors (Lipinski definition) is 3. The summed E-state index contributed by atoms with van der Waals surface area (Å²) in [6.07, 6.45) is 6.41. The zero-order chi connectivity index (χ0) is 13.8. The second-order valence-electron chi connectivity index (χ2n) is 5.65. The molecule has 0 bridgehead atoms. The van der Waals surface area contributed by atoms with Crippen molar-refractivity contribution in [1.82, 2.24) is 14.7 Å². The molecule has 4 nitrogen and oxygen atoms in total. The lowest BCUT2D eigenvalue weighted by atomic mass is 9.98. The van der Waals surface area contributed by atoms with Gasteiger partial charge >= 0.3 is 0 Å². The van der Waals surface area contributed by atoms with Gasteiger partial charge in [0.1, 0.15) is 0 Å². The molecule has 0 spiro atoms. The van der Waals surface area contributed by atoms with Gasteiger partial charge in [0.2, 0.25) is 0 Å². The topological polar surface area (TPSA) is 33.1 Å². The Balaban J connectivity index is 1.56. The summed E-state index contributed by atoms with van der Waals surface area (Å²) in [5.74, 6) is 0.763. The third-order valence-corrected chi connectivity index (χ3v) is 3.95. The SMILES string of the molecule is CN1CCCC(CNc2ccc(-n3cccn3)cc2)C1. The maximum Gasteiger partial charge on any atom is 0.0647 e. The van der Waals surface area contributed by atoms with Gasteiger partial charge in [0.15, 0.2) is 0 Å². The third kappa shape index (κ3) is 3.20. The molecule has 4 heteroatoms. The quantitative estimate of drug-likeness (QED) is 0.927. The second kappa shape index (κ2) is 6.09. The molecule has 0 saturated carbocycles. The Kier molecular flexibility index (Phi) is 4.02. The van der Waals surface area contributed by atoms with Gasteiger partial charge in [0.25, 0.3) is 0 Å². The summed E-state index contributed by atoms with van der Waals surface area (Å²) in [6, 6.07) is 10.4. The molecule has 1 aromatic carbocycles. The predicted octanol–water partition coefficient (Wildman–Crippen LogP) is 2.63. The molecule has 106 valence electrons. The largest absolute Gasteiger partial charge is 0.385 e. The van der Waals surface area contributed by atoms with Crippen molar-refractivity contribution in [3.8, 4) is 5.69 Å². The highest BCUT2D eigenvalue weighted by molar-refractivity contribution is 5.48. The lowest BCUT2D eigenvalue weighted by molar-refractivity contribution is 0.217. The van der Waals surface area contributed by atoms with Crippen molar-refractivity contribution in [1.29, 1.82) is 0 Å².